The minimum atomic E-state index is -0.470. The molecular formula is C22H20FNO4. The van der Waals surface area contributed by atoms with Crippen LogP contribution in [0.5, 0.6) is 17.4 Å². The molecule has 0 bridgehead atoms. The van der Waals surface area contributed by atoms with Crippen LogP contribution >= 0.6 is 0 Å². The lowest BCUT2D eigenvalue weighted by Crippen LogP contribution is -2.22. The third kappa shape index (κ3) is 2.81. The molecule has 2 N–H and O–H groups in total. The van der Waals surface area contributed by atoms with Gasteiger partial charge in [-0.05, 0) is 49.2 Å². The maximum absolute atomic E-state index is 13.4. The second-order valence-electron chi connectivity index (χ2n) is 6.90. The second kappa shape index (κ2) is 7.03. The molecule has 28 heavy (non-hydrogen) atoms. The first kappa shape index (κ1) is 18.1. The van der Waals surface area contributed by atoms with Gasteiger partial charge in [0, 0.05) is 17.2 Å². The molecule has 1 aliphatic carbocycles. The maximum Gasteiger partial charge on any atom is 0.240 e. The zero-order chi connectivity index (χ0) is 19.8. The third-order valence-electron chi connectivity index (χ3n) is 5.29. The number of hydrogen-bond donors (Lipinski definition) is 2. The van der Waals surface area contributed by atoms with Crippen LogP contribution in [0.4, 0.5) is 4.39 Å². The smallest absolute Gasteiger partial charge is 0.240 e. The highest BCUT2D eigenvalue weighted by Crippen LogP contribution is 2.47. The number of hydrogen-bond acceptors (Lipinski definition) is 4. The molecular weight excluding hydrogens is 361 g/mol. The van der Waals surface area contributed by atoms with Gasteiger partial charge in [-0.2, -0.15) is 0 Å². The predicted molar refractivity (Wildman–Crippen MR) is 103 cm³/mol. The van der Waals surface area contributed by atoms with Gasteiger partial charge in [0.1, 0.15) is 11.6 Å². The van der Waals surface area contributed by atoms with Gasteiger partial charge in [0.05, 0.1) is 18.4 Å². The van der Waals surface area contributed by atoms with Gasteiger partial charge < -0.3 is 14.9 Å². The Morgan fingerprint density at radius 3 is 2.39 bits per heavy atom. The zero-order valence-electron chi connectivity index (χ0n) is 15.4. The van der Waals surface area contributed by atoms with Gasteiger partial charge in [-0.1, -0.05) is 18.6 Å². The van der Waals surface area contributed by atoms with E-state index >= 15 is 0 Å². The number of nitrogens with zero attached hydrogens (tertiary/aromatic N) is 1. The molecule has 1 fully saturated rings. The molecule has 1 aromatic heterocycles. The minimum absolute atomic E-state index is 0.0658. The van der Waals surface area contributed by atoms with Crippen molar-refractivity contribution in [3.63, 3.8) is 0 Å². The van der Waals surface area contributed by atoms with Crippen molar-refractivity contribution in [1.29, 1.82) is 0 Å². The van der Waals surface area contributed by atoms with Crippen LogP contribution in [0.1, 0.15) is 29.6 Å². The predicted octanol–water partition coefficient (Wildman–Crippen LogP) is 4.69. The van der Waals surface area contributed by atoms with Gasteiger partial charge in [-0.3, -0.25) is 9.36 Å². The van der Waals surface area contributed by atoms with E-state index in [1.54, 1.807) is 24.3 Å². The van der Waals surface area contributed by atoms with Gasteiger partial charge in [-0.25, -0.2) is 4.39 Å². The molecule has 3 aromatic rings. The van der Waals surface area contributed by atoms with Crippen LogP contribution < -0.4 is 4.74 Å². The Labute approximate surface area is 161 Å². The number of para-hydroxylation sites is 1. The highest BCUT2D eigenvalue weighted by Gasteiger charge is 2.35. The lowest BCUT2D eigenvalue weighted by molar-refractivity contribution is 0.0853. The van der Waals surface area contributed by atoms with E-state index in [9.17, 15) is 19.4 Å². The fraction of sp³-hybridized carbons (Fsp3) is 0.227. The number of halogens is 1. The summed E-state index contributed by atoms with van der Waals surface area (Å²) in [6, 6.07) is 12.5. The number of carbonyl (C=O) groups excluding carboxylic acids is 1. The van der Waals surface area contributed by atoms with Crippen molar-refractivity contribution in [2.75, 3.05) is 7.11 Å². The number of rotatable bonds is 5. The highest BCUT2D eigenvalue weighted by atomic mass is 19.1. The Morgan fingerprint density at radius 2 is 1.79 bits per heavy atom. The number of methoxy groups -OCH3 is 1. The van der Waals surface area contributed by atoms with Crippen LogP contribution in [-0.4, -0.2) is 27.7 Å². The van der Waals surface area contributed by atoms with Crippen molar-refractivity contribution in [2.45, 2.75) is 19.3 Å². The third-order valence-corrected chi connectivity index (χ3v) is 5.29. The molecule has 0 atom stereocenters. The van der Waals surface area contributed by atoms with Gasteiger partial charge >= 0.3 is 0 Å². The standard InChI is InChI=1S/C22H20FNO4/c1-28-17-8-3-2-7-16(17)19-18(20(25)13-5-4-6-13)21(26)22(27)24(19)15-11-9-14(23)10-12-15/h2-3,7-13,26-27H,4-6H2,1H3. The fourth-order valence-corrected chi connectivity index (χ4v) is 3.59. The molecule has 0 spiro atoms. The van der Waals surface area contributed by atoms with E-state index < -0.39 is 17.4 Å². The average Bonchev–Trinajstić information content (AvgIpc) is 2.92. The lowest BCUT2D eigenvalue weighted by Gasteiger charge is -2.24. The van der Waals surface area contributed by atoms with Crippen molar-refractivity contribution in [2.24, 2.45) is 5.92 Å². The monoisotopic (exact) mass is 381 g/mol. The number of aromatic nitrogens is 1. The second-order valence-corrected chi connectivity index (χ2v) is 6.90. The molecule has 0 aliphatic heterocycles. The van der Waals surface area contributed by atoms with E-state index in [1.807, 2.05) is 0 Å². The summed E-state index contributed by atoms with van der Waals surface area (Å²) in [4.78, 5) is 13.1. The van der Waals surface area contributed by atoms with E-state index in [2.05, 4.69) is 0 Å². The number of ketones is 1. The molecule has 1 heterocycles. The van der Waals surface area contributed by atoms with Crippen molar-refractivity contribution in [3.05, 3.63) is 59.9 Å². The number of aromatic hydroxyl groups is 2. The summed E-state index contributed by atoms with van der Waals surface area (Å²) in [5.41, 5.74) is 1.36. The van der Waals surface area contributed by atoms with E-state index in [0.29, 0.717) is 22.7 Å². The summed E-state index contributed by atoms with van der Waals surface area (Å²) >= 11 is 0. The SMILES string of the molecule is COc1ccccc1-c1c(C(=O)C2CCC2)c(O)c(O)n1-c1ccc(F)cc1. The summed E-state index contributed by atoms with van der Waals surface area (Å²) in [5, 5.41) is 21.4. The molecule has 0 radical (unpaired) electrons. The van der Waals surface area contributed by atoms with Gasteiger partial charge in [-0.15, -0.1) is 0 Å². The van der Waals surface area contributed by atoms with E-state index in [0.717, 1.165) is 19.3 Å². The topological polar surface area (TPSA) is 71.7 Å². The fourth-order valence-electron chi connectivity index (χ4n) is 3.59. The zero-order valence-corrected chi connectivity index (χ0v) is 15.4. The Balaban J connectivity index is 2.03. The van der Waals surface area contributed by atoms with Crippen LogP contribution in [-0.2, 0) is 0 Å². The molecule has 0 amide bonds. The normalized spacial score (nSPS) is 13.9. The molecule has 4 rings (SSSR count). The quantitative estimate of drug-likeness (QED) is 0.629. The van der Waals surface area contributed by atoms with Crippen molar-refractivity contribution in [3.8, 4) is 34.3 Å². The lowest BCUT2D eigenvalue weighted by atomic mass is 9.79. The van der Waals surface area contributed by atoms with Crippen molar-refractivity contribution >= 4 is 5.78 Å². The van der Waals surface area contributed by atoms with Gasteiger partial charge in [0.15, 0.2) is 11.5 Å². The minimum Gasteiger partial charge on any atom is -0.503 e. The van der Waals surface area contributed by atoms with E-state index in [-0.39, 0.29) is 17.3 Å². The molecule has 2 aromatic carbocycles. The van der Waals surface area contributed by atoms with Crippen LogP contribution in [0.25, 0.3) is 16.9 Å². The number of benzene rings is 2. The summed E-state index contributed by atoms with van der Waals surface area (Å²) in [6.45, 7) is 0. The molecule has 144 valence electrons. The highest BCUT2D eigenvalue weighted by molar-refractivity contribution is 6.07. The Morgan fingerprint density at radius 1 is 1.11 bits per heavy atom. The van der Waals surface area contributed by atoms with Gasteiger partial charge in [0.2, 0.25) is 5.88 Å². The summed E-state index contributed by atoms with van der Waals surface area (Å²) < 4.78 is 20.2. The Kier molecular flexibility index (Phi) is 4.55. The van der Waals surface area contributed by atoms with Crippen molar-refractivity contribution in [1.82, 2.24) is 4.57 Å². The van der Waals surface area contributed by atoms with E-state index in [1.165, 1.54) is 35.9 Å². The number of carbonyl (C=O) groups is 1. The summed E-state index contributed by atoms with van der Waals surface area (Å²) in [7, 11) is 1.51. The van der Waals surface area contributed by atoms with Crippen LogP contribution in [0, 0.1) is 11.7 Å². The first-order valence-corrected chi connectivity index (χ1v) is 9.13. The van der Waals surface area contributed by atoms with Gasteiger partial charge in [0.25, 0.3) is 0 Å². The molecule has 5 nitrogen and oxygen atoms in total. The summed E-state index contributed by atoms with van der Waals surface area (Å²) in [5.74, 6) is -1.25. The molecule has 0 unspecified atom stereocenters. The molecule has 1 saturated carbocycles. The molecule has 0 saturated heterocycles. The largest absolute Gasteiger partial charge is 0.503 e. The van der Waals surface area contributed by atoms with Crippen LogP contribution in [0.3, 0.4) is 0 Å². The molecule has 1 aliphatic rings. The summed E-state index contributed by atoms with van der Waals surface area (Å²) in [6.07, 6.45) is 2.48. The average molecular weight is 381 g/mol. The van der Waals surface area contributed by atoms with Crippen LogP contribution in [0.2, 0.25) is 0 Å². The first-order chi connectivity index (χ1) is 13.5. The Hall–Kier alpha value is -3.28. The van der Waals surface area contributed by atoms with Crippen molar-refractivity contribution < 1.29 is 24.1 Å². The molecule has 6 heteroatoms. The first-order valence-electron chi connectivity index (χ1n) is 9.13. The van der Waals surface area contributed by atoms with E-state index in [4.69, 9.17) is 4.74 Å². The Bertz CT molecular complexity index is 1040. The number of Topliss-reactive ketones (excluding diaryl/α,β-unsaturated/α-hetero) is 1. The number of ether oxygens (including phenoxy) is 1. The maximum atomic E-state index is 13.4. The van der Waals surface area contributed by atoms with Crippen LogP contribution in [0.15, 0.2) is 48.5 Å².